The van der Waals surface area contributed by atoms with Gasteiger partial charge in [0, 0.05) is 12.7 Å². The van der Waals surface area contributed by atoms with Crippen LogP contribution in [-0.2, 0) is 4.79 Å². The highest BCUT2D eigenvalue weighted by molar-refractivity contribution is 14.1. The predicted octanol–water partition coefficient (Wildman–Crippen LogP) is 5.02. The number of phenols is 1. The number of phenolic OH excluding ortho intramolecular Hbond substituents is 1. The first-order valence-corrected chi connectivity index (χ1v) is 10.1. The van der Waals surface area contributed by atoms with E-state index in [1.165, 1.54) is 0 Å². The first kappa shape index (κ1) is 18.8. The van der Waals surface area contributed by atoms with E-state index < -0.39 is 12.1 Å². The Morgan fingerprint density at radius 1 is 0.955 bits per heavy atom. The average molecular weight is 748 g/mol. The number of ether oxygens (including phenoxy) is 1. The Kier molecular flexibility index (Phi) is 6.83. The van der Waals surface area contributed by atoms with Gasteiger partial charge in [0.1, 0.15) is 11.5 Å². The molecule has 0 aromatic heterocycles. The number of hydrogen-bond acceptors (Lipinski definition) is 3. The molecular weight excluding hydrogens is 740 g/mol. The molecule has 8 heteroatoms. The van der Waals surface area contributed by atoms with Crippen molar-refractivity contribution in [3.63, 3.8) is 0 Å². The molecule has 0 radical (unpaired) electrons. The molecule has 0 heterocycles. The van der Waals surface area contributed by atoms with Gasteiger partial charge in [-0.15, -0.1) is 0 Å². The number of carboxylic acid groups (broad SMARTS) is 1. The highest BCUT2D eigenvalue weighted by Gasteiger charge is 2.23. The number of aromatic hydroxyl groups is 1. The van der Waals surface area contributed by atoms with Gasteiger partial charge in [0.15, 0.2) is 0 Å². The van der Waals surface area contributed by atoms with E-state index in [1.54, 1.807) is 24.3 Å². The van der Waals surface area contributed by atoms with Crippen LogP contribution >= 0.6 is 90.4 Å². The second-order valence-electron chi connectivity index (χ2n) is 4.27. The number of benzene rings is 2. The second-order valence-corrected chi connectivity index (χ2v) is 9.09. The van der Waals surface area contributed by atoms with E-state index in [9.17, 15) is 15.0 Å². The summed E-state index contributed by atoms with van der Waals surface area (Å²) in [4.78, 5) is 11.6. The number of aliphatic carboxylic acids is 1. The van der Waals surface area contributed by atoms with Crippen LogP contribution in [0.2, 0.25) is 0 Å². The fraction of sp³-hybridized carbons (Fsp3) is 0.0714. The summed E-state index contributed by atoms with van der Waals surface area (Å²) in [6, 6.07) is 8.77. The number of carbonyl (C=O) groups is 1. The normalized spacial score (nSPS) is 12.0. The number of rotatable bonds is 4. The van der Waals surface area contributed by atoms with E-state index >= 15 is 0 Å². The summed E-state index contributed by atoms with van der Waals surface area (Å²) in [5, 5.41) is 19.3. The summed E-state index contributed by atoms with van der Waals surface area (Å²) < 4.78 is 8.78. The van der Waals surface area contributed by atoms with Crippen molar-refractivity contribution in [3.8, 4) is 11.5 Å². The molecule has 0 aliphatic heterocycles. The van der Waals surface area contributed by atoms with Crippen molar-refractivity contribution in [2.75, 3.05) is 0 Å². The van der Waals surface area contributed by atoms with Gasteiger partial charge >= 0.3 is 5.97 Å². The van der Waals surface area contributed by atoms with Gasteiger partial charge in [-0.2, -0.15) is 0 Å². The Morgan fingerprint density at radius 2 is 1.45 bits per heavy atom. The molecule has 1 atom stereocenters. The van der Waals surface area contributed by atoms with Gasteiger partial charge in [-0.1, -0.05) is 0 Å². The highest BCUT2D eigenvalue weighted by atomic mass is 127. The Morgan fingerprint density at radius 3 is 1.91 bits per heavy atom. The molecule has 0 aliphatic carbocycles. The van der Waals surface area contributed by atoms with Crippen molar-refractivity contribution >= 4 is 96.3 Å². The van der Waals surface area contributed by atoms with E-state index in [4.69, 9.17) is 4.74 Å². The van der Waals surface area contributed by atoms with Gasteiger partial charge in [0.2, 0.25) is 6.10 Å². The third-order valence-corrected chi connectivity index (χ3v) is 5.55. The predicted molar refractivity (Wildman–Crippen MR) is 116 cm³/mol. The Bertz CT molecular complexity index is 690. The van der Waals surface area contributed by atoms with Crippen LogP contribution in [0.5, 0.6) is 11.5 Å². The summed E-state index contributed by atoms with van der Waals surface area (Å²) in [5.41, 5.74) is 0.585. The second kappa shape index (κ2) is 8.00. The molecule has 1 unspecified atom stereocenters. The molecule has 116 valence electrons. The zero-order valence-corrected chi connectivity index (χ0v) is 19.3. The minimum Gasteiger partial charge on any atom is -0.506 e. The van der Waals surface area contributed by atoms with Gasteiger partial charge in [0.05, 0.1) is 7.14 Å². The molecule has 2 aromatic rings. The Hall–Kier alpha value is 0.430. The van der Waals surface area contributed by atoms with Crippen molar-refractivity contribution in [1.29, 1.82) is 0 Å². The SMILES string of the molecule is O=C(O)C(Oc1cc(I)c(O)c(I)c1)c1cc(I)cc(I)c1. The van der Waals surface area contributed by atoms with Crippen molar-refractivity contribution in [3.05, 3.63) is 50.2 Å². The largest absolute Gasteiger partial charge is 0.506 e. The minimum atomic E-state index is -1.10. The summed E-state index contributed by atoms with van der Waals surface area (Å²) in [5.74, 6) is -0.479. The van der Waals surface area contributed by atoms with E-state index in [2.05, 4.69) is 45.2 Å². The van der Waals surface area contributed by atoms with Crippen LogP contribution in [0.4, 0.5) is 0 Å². The average Bonchev–Trinajstić information content (AvgIpc) is 2.40. The van der Waals surface area contributed by atoms with E-state index in [0.717, 1.165) is 7.14 Å². The quantitative estimate of drug-likeness (QED) is 0.432. The number of carboxylic acids is 1. The van der Waals surface area contributed by atoms with Crippen LogP contribution in [0, 0.1) is 14.3 Å². The lowest BCUT2D eigenvalue weighted by Gasteiger charge is -2.17. The molecule has 4 nitrogen and oxygen atoms in total. The third-order valence-electron chi connectivity index (χ3n) is 2.66. The first-order valence-electron chi connectivity index (χ1n) is 5.81. The first-order chi connectivity index (χ1) is 10.3. The molecule has 0 bridgehead atoms. The topological polar surface area (TPSA) is 66.8 Å². The maximum absolute atomic E-state index is 11.6. The van der Waals surface area contributed by atoms with E-state index in [1.807, 2.05) is 51.2 Å². The van der Waals surface area contributed by atoms with Gasteiger partial charge in [-0.05, 0) is 121 Å². The lowest BCUT2D eigenvalue weighted by Crippen LogP contribution is -2.18. The summed E-state index contributed by atoms with van der Waals surface area (Å²) in [6.07, 6.45) is -1.10. The fourth-order valence-electron chi connectivity index (χ4n) is 1.73. The van der Waals surface area contributed by atoms with E-state index in [-0.39, 0.29) is 5.75 Å². The molecule has 0 fully saturated rings. The molecule has 0 saturated heterocycles. The van der Waals surface area contributed by atoms with Crippen molar-refractivity contribution in [1.82, 2.24) is 0 Å². The van der Waals surface area contributed by atoms with E-state index in [0.29, 0.717) is 18.5 Å². The Balaban J connectivity index is 2.39. The zero-order valence-electron chi connectivity index (χ0n) is 10.7. The molecule has 0 amide bonds. The smallest absolute Gasteiger partial charge is 0.349 e. The van der Waals surface area contributed by atoms with Crippen molar-refractivity contribution in [2.24, 2.45) is 0 Å². The van der Waals surface area contributed by atoms with Crippen LogP contribution in [0.15, 0.2) is 30.3 Å². The lowest BCUT2D eigenvalue weighted by molar-refractivity contribution is -0.145. The van der Waals surface area contributed by atoms with Crippen molar-refractivity contribution in [2.45, 2.75) is 6.10 Å². The van der Waals surface area contributed by atoms with Gasteiger partial charge in [-0.3, -0.25) is 0 Å². The molecule has 0 aliphatic rings. The van der Waals surface area contributed by atoms with Crippen molar-refractivity contribution < 1.29 is 19.7 Å². The van der Waals surface area contributed by atoms with Gasteiger partial charge in [0.25, 0.3) is 0 Å². The van der Waals surface area contributed by atoms with Crippen LogP contribution in [0.1, 0.15) is 11.7 Å². The van der Waals surface area contributed by atoms with Crippen LogP contribution in [0.25, 0.3) is 0 Å². The molecular formula is C14H8I4O4. The molecule has 2 aromatic carbocycles. The summed E-state index contributed by atoms with van der Waals surface area (Å²) >= 11 is 8.25. The standard InChI is InChI=1S/C14H8I4O4/c15-7-1-6(2-8(16)3-7)13(14(20)21)22-9-4-10(17)12(19)11(18)5-9/h1-5,13,19H,(H,20,21). The van der Waals surface area contributed by atoms with Gasteiger partial charge < -0.3 is 14.9 Å². The highest BCUT2D eigenvalue weighted by Crippen LogP contribution is 2.33. The van der Waals surface area contributed by atoms with Crippen LogP contribution < -0.4 is 4.74 Å². The third kappa shape index (κ3) is 4.72. The monoisotopic (exact) mass is 748 g/mol. The molecule has 2 N–H and O–H groups in total. The number of hydrogen-bond donors (Lipinski definition) is 2. The minimum absolute atomic E-state index is 0.171. The number of halogens is 4. The Labute approximate surface area is 181 Å². The molecule has 22 heavy (non-hydrogen) atoms. The summed E-state index contributed by atoms with van der Waals surface area (Å²) in [6.45, 7) is 0. The maximum atomic E-state index is 11.6. The molecule has 0 saturated carbocycles. The summed E-state index contributed by atoms with van der Waals surface area (Å²) in [7, 11) is 0. The van der Waals surface area contributed by atoms with Crippen LogP contribution in [0.3, 0.4) is 0 Å². The zero-order chi connectivity index (χ0) is 16.4. The van der Waals surface area contributed by atoms with Crippen LogP contribution in [-0.4, -0.2) is 16.2 Å². The molecule has 2 rings (SSSR count). The van der Waals surface area contributed by atoms with Gasteiger partial charge in [-0.25, -0.2) is 4.79 Å². The molecule has 0 spiro atoms. The lowest BCUT2D eigenvalue weighted by atomic mass is 10.1. The maximum Gasteiger partial charge on any atom is 0.349 e. The fourth-order valence-corrected chi connectivity index (χ4v) is 5.43.